The van der Waals surface area contributed by atoms with Gasteiger partial charge in [0, 0.05) is 6.20 Å². The van der Waals surface area contributed by atoms with Crippen LogP contribution in [-0.4, -0.2) is 25.4 Å². The Balaban J connectivity index is 2.70. The minimum atomic E-state index is -1.20. The number of hydrogen-bond donors (Lipinski definition) is 1. The molecule has 0 aliphatic heterocycles. The lowest BCUT2D eigenvalue weighted by molar-refractivity contribution is -0.387. The summed E-state index contributed by atoms with van der Waals surface area (Å²) >= 11 is 0. The highest BCUT2D eigenvalue weighted by Crippen LogP contribution is 2.21. The Hall–Kier alpha value is -2.51. The maximum absolute atomic E-state index is 13.0. The molecule has 8 heteroatoms. The summed E-state index contributed by atoms with van der Waals surface area (Å²) in [6.45, 7) is 0. The first-order chi connectivity index (χ1) is 7.99. The first-order valence-electron chi connectivity index (χ1n) is 4.51. The highest BCUT2D eigenvalue weighted by molar-refractivity contribution is 5.71. The summed E-state index contributed by atoms with van der Waals surface area (Å²) in [5.74, 6) is -2.40. The Morgan fingerprint density at radius 2 is 2.29 bits per heavy atom. The molecule has 0 aliphatic carbocycles. The number of halogens is 1. The Morgan fingerprint density at radius 1 is 1.59 bits per heavy atom. The molecule has 2 aromatic rings. The number of carbonyl (C=O) groups is 1. The molecule has 0 atom stereocenters. The maximum atomic E-state index is 13.0. The van der Waals surface area contributed by atoms with Crippen molar-refractivity contribution in [2.75, 3.05) is 0 Å². The fourth-order valence-corrected chi connectivity index (χ4v) is 1.50. The third-order valence-corrected chi connectivity index (χ3v) is 2.14. The largest absolute Gasteiger partial charge is 0.481 e. The third-order valence-electron chi connectivity index (χ3n) is 2.14. The van der Waals surface area contributed by atoms with Gasteiger partial charge in [0.25, 0.3) is 0 Å². The molecule has 0 amide bonds. The number of aliphatic carboxylic acids is 1. The number of imidazole rings is 1. The maximum Gasteiger partial charge on any atom is 0.389 e. The molecular formula is C9H6FN3O4. The number of carboxylic acid groups (broad SMARTS) is 1. The first-order valence-corrected chi connectivity index (χ1v) is 4.51. The predicted octanol–water partition coefficient (Wildman–Crippen LogP) is 1.01. The minimum absolute atomic E-state index is 0.0626. The number of aromatic nitrogens is 2. The van der Waals surface area contributed by atoms with Crippen LogP contribution in [0.5, 0.6) is 0 Å². The summed E-state index contributed by atoms with van der Waals surface area (Å²) in [5.41, 5.74) is 0.0626. The number of fused-ring (bicyclic) bond motifs is 1. The van der Waals surface area contributed by atoms with Crippen molar-refractivity contribution in [2.24, 2.45) is 0 Å². The minimum Gasteiger partial charge on any atom is -0.481 e. The van der Waals surface area contributed by atoms with Crippen molar-refractivity contribution < 1.29 is 19.2 Å². The molecule has 1 N–H and O–H groups in total. The van der Waals surface area contributed by atoms with Crippen LogP contribution in [0.15, 0.2) is 18.3 Å². The first kappa shape index (κ1) is 11.0. The van der Waals surface area contributed by atoms with Gasteiger partial charge in [0.15, 0.2) is 0 Å². The van der Waals surface area contributed by atoms with Gasteiger partial charge in [-0.1, -0.05) is 0 Å². The summed E-state index contributed by atoms with van der Waals surface area (Å²) in [7, 11) is 0. The van der Waals surface area contributed by atoms with E-state index in [4.69, 9.17) is 5.11 Å². The van der Waals surface area contributed by atoms with Gasteiger partial charge in [0.1, 0.15) is 17.8 Å². The average molecular weight is 239 g/mol. The third kappa shape index (κ3) is 1.92. The van der Waals surface area contributed by atoms with Gasteiger partial charge in [0.2, 0.25) is 5.82 Å². The van der Waals surface area contributed by atoms with Crippen LogP contribution in [0.1, 0.15) is 5.82 Å². The standard InChI is InChI=1S/C9H6FN3O4/c10-5-1-2-6-9(13(16)17)11-7(3-8(14)15)12(6)4-5/h1-2,4H,3H2,(H,14,15). The molecule has 0 radical (unpaired) electrons. The molecular weight excluding hydrogens is 233 g/mol. The van der Waals surface area contributed by atoms with E-state index in [9.17, 15) is 19.3 Å². The van der Waals surface area contributed by atoms with Gasteiger partial charge in [-0.2, -0.15) is 0 Å². The number of nitro groups is 1. The van der Waals surface area contributed by atoms with Crippen molar-refractivity contribution in [3.8, 4) is 0 Å². The van der Waals surface area contributed by atoms with Gasteiger partial charge < -0.3 is 15.2 Å². The quantitative estimate of drug-likeness (QED) is 0.636. The molecule has 7 nitrogen and oxygen atoms in total. The molecule has 2 aromatic heterocycles. The van der Waals surface area contributed by atoms with Crippen molar-refractivity contribution in [3.05, 3.63) is 40.1 Å². The summed E-state index contributed by atoms with van der Waals surface area (Å²) in [6.07, 6.45) is 0.450. The Morgan fingerprint density at radius 3 is 2.88 bits per heavy atom. The van der Waals surface area contributed by atoms with Gasteiger partial charge in [-0.3, -0.25) is 9.20 Å². The number of pyridine rings is 1. The summed E-state index contributed by atoms with van der Waals surface area (Å²) in [6, 6.07) is 2.24. The van der Waals surface area contributed by atoms with E-state index in [1.165, 1.54) is 6.07 Å². The van der Waals surface area contributed by atoms with Gasteiger partial charge in [-0.25, -0.2) is 4.39 Å². The Bertz CT molecular complexity index is 622. The SMILES string of the molecule is O=C(O)Cc1nc([N+](=O)[O-])c2ccc(F)cn12. The lowest BCUT2D eigenvalue weighted by Crippen LogP contribution is -2.04. The zero-order valence-electron chi connectivity index (χ0n) is 8.33. The summed E-state index contributed by atoms with van der Waals surface area (Å²) in [5, 5.41) is 19.3. The topological polar surface area (TPSA) is 97.7 Å². The number of carboxylic acids is 1. The Kier molecular flexibility index (Phi) is 2.47. The van der Waals surface area contributed by atoms with E-state index in [0.717, 1.165) is 16.7 Å². The summed E-state index contributed by atoms with van der Waals surface area (Å²) < 4.78 is 14.1. The molecule has 0 saturated carbocycles. The zero-order valence-corrected chi connectivity index (χ0v) is 8.33. The Labute approximate surface area is 93.3 Å². The second kappa shape index (κ2) is 3.81. The van der Waals surface area contributed by atoms with Gasteiger partial charge in [-0.05, 0) is 22.0 Å². The van der Waals surface area contributed by atoms with Gasteiger partial charge in [-0.15, -0.1) is 0 Å². The molecule has 0 spiro atoms. The van der Waals surface area contributed by atoms with Crippen LogP contribution in [0.4, 0.5) is 10.2 Å². The molecule has 0 bridgehead atoms. The van der Waals surface area contributed by atoms with Crippen LogP contribution < -0.4 is 0 Å². The van der Waals surface area contributed by atoms with E-state index in [2.05, 4.69) is 4.98 Å². The number of rotatable bonds is 3. The van der Waals surface area contributed by atoms with E-state index in [1.807, 2.05) is 0 Å². The van der Waals surface area contributed by atoms with E-state index < -0.39 is 28.9 Å². The van der Waals surface area contributed by atoms with Crippen LogP contribution >= 0.6 is 0 Å². The lowest BCUT2D eigenvalue weighted by Gasteiger charge is -1.95. The molecule has 2 rings (SSSR count). The average Bonchev–Trinajstić information content (AvgIpc) is 2.56. The van der Waals surface area contributed by atoms with Crippen molar-refractivity contribution in [2.45, 2.75) is 6.42 Å². The second-order valence-corrected chi connectivity index (χ2v) is 3.28. The molecule has 0 saturated heterocycles. The molecule has 0 unspecified atom stereocenters. The lowest BCUT2D eigenvalue weighted by atomic mass is 10.4. The van der Waals surface area contributed by atoms with E-state index in [0.29, 0.717) is 0 Å². The van der Waals surface area contributed by atoms with Gasteiger partial charge in [0.05, 0.1) is 0 Å². The highest BCUT2D eigenvalue weighted by Gasteiger charge is 2.23. The monoisotopic (exact) mass is 239 g/mol. The van der Waals surface area contributed by atoms with Crippen LogP contribution in [0.3, 0.4) is 0 Å². The van der Waals surface area contributed by atoms with Gasteiger partial charge >= 0.3 is 11.8 Å². The van der Waals surface area contributed by atoms with Crippen LogP contribution in [-0.2, 0) is 11.2 Å². The second-order valence-electron chi connectivity index (χ2n) is 3.28. The van der Waals surface area contributed by atoms with E-state index in [-0.39, 0.29) is 11.3 Å². The molecule has 17 heavy (non-hydrogen) atoms. The molecule has 0 aliphatic rings. The normalized spacial score (nSPS) is 10.6. The van der Waals surface area contributed by atoms with Crippen molar-refractivity contribution in [3.63, 3.8) is 0 Å². The predicted molar refractivity (Wildman–Crippen MR) is 53.1 cm³/mol. The molecule has 88 valence electrons. The smallest absolute Gasteiger partial charge is 0.389 e. The van der Waals surface area contributed by atoms with Crippen molar-refractivity contribution in [1.29, 1.82) is 0 Å². The number of nitrogens with zero attached hydrogens (tertiary/aromatic N) is 3. The number of hydrogen-bond acceptors (Lipinski definition) is 4. The van der Waals surface area contributed by atoms with Crippen LogP contribution in [0.25, 0.3) is 5.52 Å². The van der Waals surface area contributed by atoms with E-state index >= 15 is 0 Å². The highest BCUT2D eigenvalue weighted by atomic mass is 19.1. The fourth-order valence-electron chi connectivity index (χ4n) is 1.50. The summed E-state index contributed by atoms with van der Waals surface area (Å²) in [4.78, 5) is 24.1. The molecule has 0 fully saturated rings. The fraction of sp³-hybridized carbons (Fsp3) is 0.111. The van der Waals surface area contributed by atoms with Crippen molar-refractivity contribution in [1.82, 2.24) is 9.38 Å². The molecule has 2 heterocycles. The van der Waals surface area contributed by atoms with E-state index in [1.54, 1.807) is 0 Å². The molecule has 0 aromatic carbocycles. The van der Waals surface area contributed by atoms with Crippen LogP contribution in [0.2, 0.25) is 0 Å². The van der Waals surface area contributed by atoms with Crippen LogP contribution in [0, 0.1) is 15.9 Å². The zero-order chi connectivity index (χ0) is 12.6. The van der Waals surface area contributed by atoms with Crippen molar-refractivity contribution >= 4 is 17.3 Å².